The number of imide groups is 1. The molecule has 1 saturated carbocycles. The zero-order valence-electron chi connectivity index (χ0n) is 28.3. The van der Waals surface area contributed by atoms with E-state index in [9.17, 15) is 41.0 Å². The Labute approximate surface area is 287 Å². The molecule has 2 fully saturated rings. The Morgan fingerprint density at radius 2 is 1.58 bits per heavy atom. The molecule has 1 saturated heterocycles. The summed E-state index contributed by atoms with van der Waals surface area (Å²) in [6, 6.07) is 6.08. The first-order valence-corrected chi connectivity index (χ1v) is 17.3. The number of carbonyl (C=O) groups is 2. The number of unbranched alkanes of at least 4 members (excludes halogenated alkanes) is 1. The summed E-state index contributed by atoms with van der Waals surface area (Å²) in [7, 11) is 0. The fraction of sp³-hybridized carbons (Fsp3) is 0.611. The number of fused-ring (bicyclic) bond motifs is 1. The minimum absolute atomic E-state index is 0.0417. The van der Waals surface area contributed by atoms with Gasteiger partial charge in [0, 0.05) is 12.1 Å². The van der Waals surface area contributed by atoms with E-state index in [2.05, 4.69) is 5.32 Å². The van der Waals surface area contributed by atoms with Gasteiger partial charge in [0.25, 0.3) is 11.5 Å². The molecule has 2 aliphatic heterocycles. The van der Waals surface area contributed by atoms with E-state index in [4.69, 9.17) is 14.2 Å². The number of rotatable bonds is 14. The SMILES string of the molecule is CCCc1cc(C(O)(C(F)(F)F)C(F)(F)F)cc(CCC2CCCCC2)c1OCCCCN1C(=O)NC(CC)(c2ccc3c(c2)OCO3)C1=O. The molecular formula is C36H44F6N2O6. The average molecular weight is 715 g/mol. The summed E-state index contributed by atoms with van der Waals surface area (Å²) in [6.45, 7) is 3.70. The van der Waals surface area contributed by atoms with Gasteiger partial charge >= 0.3 is 18.4 Å². The zero-order valence-corrected chi connectivity index (χ0v) is 28.3. The molecule has 8 nitrogen and oxygen atoms in total. The molecule has 0 spiro atoms. The number of nitrogens with zero attached hydrogens (tertiary/aromatic N) is 1. The van der Waals surface area contributed by atoms with Crippen molar-refractivity contribution in [2.24, 2.45) is 5.92 Å². The zero-order chi connectivity index (χ0) is 36.3. The summed E-state index contributed by atoms with van der Waals surface area (Å²) in [4.78, 5) is 27.8. The lowest BCUT2D eigenvalue weighted by Crippen LogP contribution is -2.54. The predicted molar refractivity (Wildman–Crippen MR) is 171 cm³/mol. The largest absolute Gasteiger partial charge is 0.493 e. The lowest BCUT2D eigenvalue weighted by atomic mass is 9.83. The topological polar surface area (TPSA) is 97.3 Å². The second-order valence-corrected chi connectivity index (χ2v) is 13.4. The van der Waals surface area contributed by atoms with Crippen molar-refractivity contribution in [2.45, 2.75) is 114 Å². The number of benzene rings is 2. The highest BCUT2D eigenvalue weighted by Gasteiger charge is 2.71. The molecule has 0 bridgehead atoms. The summed E-state index contributed by atoms with van der Waals surface area (Å²) in [5.74, 6) is 1.11. The molecule has 0 radical (unpaired) electrons. The molecule has 2 aromatic carbocycles. The Balaban J connectivity index is 1.32. The predicted octanol–water partition coefficient (Wildman–Crippen LogP) is 8.21. The van der Waals surface area contributed by atoms with Crippen molar-refractivity contribution >= 4 is 11.9 Å². The fourth-order valence-corrected chi connectivity index (χ4v) is 7.29. The van der Waals surface area contributed by atoms with Gasteiger partial charge in [0.2, 0.25) is 6.79 Å². The third kappa shape index (κ3) is 7.22. The number of nitrogens with one attached hydrogen (secondary N) is 1. The number of carbonyl (C=O) groups excluding carboxylic acids is 2. The average Bonchev–Trinajstić information content (AvgIpc) is 3.64. The third-order valence-corrected chi connectivity index (χ3v) is 10.1. The van der Waals surface area contributed by atoms with Crippen molar-refractivity contribution in [3.05, 3.63) is 52.6 Å². The van der Waals surface area contributed by atoms with Gasteiger partial charge in [-0.2, -0.15) is 26.3 Å². The van der Waals surface area contributed by atoms with Crippen LogP contribution < -0.4 is 19.5 Å². The van der Waals surface area contributed by atoms with Gasteiger partial charge in [-0.1, -0.05) is 58.4 Å². The summed E-state index contributed by atoms with van der Waals surface area (Å²) in [6.07, 6.45) is -4.76. The summed E-state index contributed by atoms with van der Waals surface area (Å²) in [5.41, 5.74) is -6.70. The van der Waals surface area contributed by atoms with Crippen LogP contribution in [0.4, 0.5) is 31.1 Å². The van der Waals surface area contributed by atoms with E-state index in [-0.39, 0.29) is 62.0 Å². The number of urea groups is 1. The van der Waals surface area contributed by atoms with Crippen LogP contribution in [0.15, 0.2) is 30.3 Å². The van der Waals surface area contributed by atoms with Gasteiger partial charge in [-0.05, 0) is 85.4 Å². The fourth-order valence-electron chi connectivity index (χ4n) is 7.29. The molecule has 3 amide bonds. The molecule has 1 aliphatic carbocycles. The lowest BCUT2D eigenvalue weighted by molar-refractivity contribution is -0.376. The second kappa shape index (κ2) is 14.9. The number of hydrogen-bond donors (Lipinski definition) is 2. The number of aliphatic hydroxyl groups is 1. The van der Waals surface area contributed by atoms with Crippen LogP contribution in [0.2, 0.25) is 0 Å². The van der Waals surface area contributed by atoms with Crippen LogP contribution in [0.25, 0.3) is 0 Å². The van der Waals surface area contributed by atoms with Gasteiger partial charge in [0.1, 0.15) is 11.3 Å². The molecule has 2 N–H and O–H groups in total. The summed E-state index contributed by atoms with van der Waals surface area (Å²) >= 11 is 0. The molecule has 0 aromatic heterocycles. The van der Waals surface area contributed by atoms with E-state index in [1.165, 1.54) is 0 Å². The molecule has 5 rings (SSSR count). The van der Waals surface area contributed by atoms with Crippen LogP contribution in [-0.2, 0) is 28.8 Å². The molecule has 14 heteroatoms. The molecule has 276 valence electrons. The van der Waals surface area contributed by atoms with Crippen LogP contribution >= 0.6 is 0 Å². The minimum Gasteiger partial charge on any atom is -0.493 e. The maximum Gasteiger partial charge on any atom is 0.430 e. The highest BCUT2D eigenvalue weighted by Crippen LogP contribution is 2.51. The first kappa shape index (κ1) is 37.6. The number of aryl methyl sites for hydroxylation is 2. The first-order chi connectivity index (χ1) is 23.7. The van der Waals surface area contributed by atoms with Crippen LogP contribution in [0, 0.1) is 5.92 Å². The Hall–Kier alpha value is -3.68. The lowest BCUT2D eigenvalue weighted by Gasteiger charge is -2.34. The smallest absolute Gasteiger partial charge is 0.430 e. The molecule has 1 unspecified atom stereocenters. The van der Waals surface area contributed by atoms with Crippen molar-refractivity contribution in [1.82, 2.24) is 10.2 Å². The normalized spacial score (nSPS) is 20.1. The van der Waals surface area contributed by atoms with Crippen LogP contribution in [0.5, 0.6) is 17.2 Å². The molecular weight excluding hydrogens is 670 g/mol. The van der Waals surface area contributed by atoms with E-state index in [0.29, 0.717) is 42.7 Å². The van der Waals surface area contributed by atoms with E-state index in [0.717, 1.165) is 49.1 Å². The van der Waals surface area contributed by atoms with Crippen LogP contribution in [0.3, 0.4) is 0 Å². The number of alkyl halides is 6. The van der Waals surface area contributed by atoms with E-state index < -0.39 is 41.0 Å². The van der Waals surface area contributed by atoms with Gasteiger partial charge in [-0.15, -0.1) is 0 Å². The standard InChI is InChI=1S/C36H44F6N2O6/c1-3-10-24-19-27(34(47,35(37,38)39)36(40,41)42)20-25(14-13-23-11-6-5-7-12-23)30(24)48-18-9-8-17-44-31(45)33(4-2,43-32(44)46)26-15-16-28-29(21-26)50-22-49-28/h15-16,19-21,23,47H,3-14,17-18,22H2,1-2H3,(H,43,46). The Kier molecular flexibility index (Phi) is 11.2. The van der Waals surface area contributed by atoms with Crippen LogP contribution in [-0.4, -0.2) is 54.2 Å². The van der Waals surface area contributed by atoms with Crippen molar-refractivity contribution in [2.75, 3.05) is 19.9 Å². The molecule has 3 aliphatic rings. The molecule has 2 aromatic rings. The van der Waals surface area contributed by atoms with Crippen molar-refractivity contribution in [1.29, 1.82) is 0 Å². The highest BCUT2D eigenvalue weighted by molar-refractivity contribution is 6.07. The van der Waals surface area contributed by atoms with Crippen LogP contribution in [0.1, 0.15) is 100 Å². The maximum atomic E-state index is 13.9. The van der Waals surface area contributed by atoms with E-state index in [1.807, 2.05) is 0 Å². The number of amides is 3. The van der Waals surface area contributed by atoms with E-state index in [1.54, 1.807) is 32.0 Å². The highest BCUT2D eigenvalue weighted by atomic mass is 19.4. The summed E-state index contributed by atoms with van der Waals surface area (Å²) < 4.78 is 101. The van der Waals surface area contributed by atoms with Gasteiger partial charge < -0.3 is 24.6 Å². The number of halogens is 6. The number of ether oxygens (including phenoxy) is 3. The quantitative estimate of drug-likeness (QED) is 0.116. The Morgan fingerprint density at radius 1 is 0.920 bits per heavy atom. The number of hydrogen-bond acceptors (Lipinski definition) is 6. The molecule has 50 heavy (non-hydrogen) atoms. The van der Waals surface area contributed by atoms with Gasteiger partial charge in [-0.3, -0.25) is 9.69 Å². The Morgan fingerprint density at radius 3 is 2.22 bits per heavy atom. The van der Waals surface area contributed by atoms with E-state index >= 15 is 0 Å². The Bertz CT molecular complexity index is 1530. The van der Waals surface area contributed by atoms with Crippen molar-refractivity contribution in [3.8, 4) is 17.2 Å². The van der Waals surface area contributed by atoms with Gasteiger partial charge in [0.15, 0.2) is 11.5 Å². The minimum atomic E-state index is -6.00. The molecule has 1 atom stereocenters. The van der Waals surface area contributed by atoms with Gasteiger partial charge in [0.05, 0.1) is 6.61 Å². The van der Waals surface area contributed by atoms with Crippen molar-refractivity contribution in [3.63, 3.8) is 0 Å². The maximum absolute atomic E-state index is 13.9. The van der Waals surface area contributed by atoms with Gasteiger partial charge in [-0.25, -0.2) is 4.79 Å². The van der Waals surface area contributed by atoms with Crippen molar-refractivity contribution < 1.29 is 55.2 Å². The third-order valence-electron chi connectivity index (χ3n) is 10.1. The second-order valence-electron chi connectivity index (χ2n) is 13.4. The molecule has 2 heterocycles. The first-order valence-electron chi connectivity index (χ1n) is 17.3. The summed E-state index contributed by atoms with van der Waals surface area (Å²) in [5, 5.41) is 13.1. The monoisotopic (exact) mass is 714 g/mol.